The summed E-state index contributed by atoms with van der Waals surface area (Å²) in [6, 6.07) is 8.43. The fourth-order valence-corrected chi connectivity index (χ4v) is 3.07. The summed E-state index contributed by atoms with van der Waals surface area (Å²) in [5, 5.41) is 6.79. The average molecular weight is 505 g/mol. The summed E-state index contributed by atoms with van der Waals surface area (Å²) in [7, 11) is 5.86. The highest BCUT2D eigenvalue weighted by Gasteiger charge is 2.14. The summed E-state index contributed by atoms with van der Waals surface area (Å²) in [6.45, 7) is 9.19. The van der Waals surface area contributed by atoms with Crippen LogP contribution in [0.15, 0.2) is 29.3 Å². The van der Waals surface area contributed by atoms with Gasteiger partial charge in [-0.2, -0.15) is 0 Å². The number of nitrogens with one attached hydrogen (secondary N) is 2. The molecule has 0 amide bonds. The quantitative estimate of drug-likeness (QED) is 0.303. The second-order valence-electron chi connectivity index (χ2n) is 6.85. The molecule has 1 aromatic rings. The van der Waals surface area contributed by atoms with Gasteiger partial charge in [-0.3, -0.25) is 9.89 Å². The van der Waals surface area contributed by atoms with Crippen LogP contribution in [0.1, 0.15) is 18.5 Å². The zero-order valence-corrected chi connectivity index (χ0v) is 19.9. The number of rotatable bonds is 9. The predicted molar refractivity (Wildman–Crippen MR) is 126 cm³/mol. The zero-order chi connectivity index (χ0) is 19.5. The highest BCUT2D eigenvalue weighted by molar-refractivity contribution is 14.0. The Kier molecular flexibility index (Phi) is 12.4. The summed E-state index contributed by atoms with van der Waals surface area (Å²) in [5.41, 5.74) is 1.23. The highest BCUT2D eigenvalue weighted by Crippen LogP contribution is 2.21. The summed E-state index contributed by atoms with van der Waals surface area (Å²) in [5.74, 6) is 1.74. The lowest BCUT2D eigenvalue weighted by atomic mass is 10.1. The van der Waals surface area contributed by atoms with Crippen molar-refractivity contribution in [2.24, 2.45) is 4.99 Å². The van der Waals surface area contributed by atoms with Gasteiger partial charge in [-0.1, -0.05) is 12.1 Å². The third-order valence-corrected chi connectivity index (χ3v) is 4.71. The highest BCUT2D eigenvalue weighted by atomic mass is 127. The first-order chi connectivity index (χ1) is 13.1. The molecular formula is C20H36IN5O2. The monoisotopic (exact) mass is 505 g/mol. The molecule has 2 rings (SSSR count). The molecule has 0 saturated carbocycles. The van der Waals surface area contributed by atoms with E-state index in [0.29, 0.717) is 6.54 Å². The Balaban J connectivity index is 0.00000392. The summed E-state index contributed by atoms with van der Waals surface area (Å²) >= 11 is 0. The van der Waals surface area contributed by atoms with E-state index in [1.807, 2.05) is 12.1 Å². The van der Waals surface area contributed by atoms with Crippen LogP contribution < -0.4 is 15.4 Å². The predicted octanol–water partition coefficient (Wildman–Crippen LogP) is 1.80. The Labute approximate surface area is 186 Å². The van der Waals surface area contributed by atoms with Crippen LogP contribution in [0, 0.1) is 0 Å². The normalized spacial score (nSPS) is 16.4. The van der Waals surface area contributed by atoms with Crippen molar-refractivity contribution in [1.82, 2.24) is 20.4 Å². The van der Waals surface area contributed by atoms with E-state index in [-0.39, 0.29) is 30.0 Å². The fraction of sp³-hybridized carbons (Fsp3) is 0.650. The lowest BCUT2D eigenvalue weighted by Gasteiger charge is -2.27. The number of morpholine rings is 1. The number of benzene rings is 1. The Hall–Kier alpha value is -1.10. The Bertz CT molecular complexity index is 562. The van der Waals surface area contributed by atoms with E-state index in [1.165, 1.54) is 5.56 Å². The van der Waals surface area contributed by atoms with Crippen LogP contribution in [0.25, 0.3) is 0 Å². The Morgan fingerprint density at radius 3 is 2.46 bits per heavy atom. The topological polar surface area (TPSA) is 61.4 Å². The number of likely N-dealkylation sites (N-methyl/N-ethyl adjacent to an activating group) is 1. The van der Waals surface area contributed by atoms with Crippen molar-refractivity contribution in [3.05, 3.63) is 29.8 Å². The van der Waals surface area contributed by atoms with Crippen LogP contribution in [-0.4, -0.2) is 89.4 Å². The van der Waals surface area contributed by atoms with Gasteiger partial charge in [-0.15, -0.1) is 24.0 Å². The van der Waals surface area contributed by atoms with Crippen LogP contribution in [0.3, 0.4) is 0 Å². The molecular weight excluding hydrogens is 469 g/mol. The van der Waals surface area contributed by atoms with Crippen LogP contribution in [0.4, 0.5) is 0 Å². The molecule has 1 aliphatic rings. The smallest absolute Gasteiger partial charge is 0.191 e. The van der Waals surface area contributed by atoms with E-state index < -0.39 is 0 Å². The maximum absolute atomic E-state index is 5.40. The molecule has 1 fully saturated rings. The van der Waals surface area contributed by atoms with Crippen molar-refractivity contribution < 1.29 is 9.47 Å². The van der Waals surface area contributed by atoms with Crippen LogP contribution in [-0.2, 0) is 4.74 Å². The van der Waals surface area contributed by atoms with Crippen LogP contribution >= 0.6 is 24.0 Å². The van der Waals surface area contributed by atoms with Gasteiger partial charge in [0.25, 0.3) is 0 Å². The molecule has 7 nitrogen and oxygen atoms in total. The number of halogens is 1. The number of aliphatic imine (C=N–C) groups is 1. The van der Waals surface area contributed by atoms with Gasteiger partial charge in [0.2, 0.25) is 0 Å². The van der Waals surface area contributed by atoms with Crippen molar-refractivity contribution in [3.63, 3.8) is 0 Å². The van der Waals surface area contributed by atoms with Crippen molar-refractivity contribution in [1.29, 1.82) is 0 Å². The molecule has 1 aromatic carbocycles. The minimum atomic E-state index is 0. The van der Waals surface area contributed by atoms with Gasteiger partial charge in [0, 0.05) is 32.7 Å². The standard InChI is InChI=1S/C20H35N5O2.HI/c1-5-21-20(22-10-11-25-12-14-27-15-13-25)23-16-19(24(2)3)17-6-8-18(26-4)9-7-17;/h6-9,19H,5,10-16H2,1-4H3,(H2,21,22,23);1H. The molecule has 0 bridgehead atoms. The minimum absolute atomic E-state index is 0. The third-order valence-electron chi connectivity index (χ3n) is 4.71. The van der Waals surface area contributed by atoms with E-state index in [2.05, 4.69) is 53.6 Å². The molecule has 0 radical (unpaired) electrons. The molecule has 160 valence electrons. The van der Waals surface area contributed by atoms with Gasteiger partial charge in [0.05, 0.1) is 32.9 Å². The molecule has 1 aliphatic heterocycles. The van der Waals surface area contributed by atoms with Gasteiger partial charge in [-0.05, 0) is 38.7 Å². The second-order valence-corrected chi connectivity index (χ2v) is 6.85. The molecule has 1 atom stereocenters. The summed E-state index contributed by atoms with van der Waals surface area (Å²) < 4.78 is 10.7. The molecule has 28 heavy (non-hydrogen) atoms. The van der Waals surface area contributed by atoms with Crippen molar-refractivity contribution in [2.75, 3.05) is 73.7 Å². The first kappa shape index (κ1) is 24.9. The zero-order valence-electron chi connectivity index (χ0n) is 17.6. The number of methoxy groups -OCH3 is 1. The van der Waals surface area contributed by atoms with Gasteiger partial charge in [0.15, 0.2) is 5.96 Å². The molecule has 1 saturated heterocycles. The average Bonchev–Trinajstić information content (AvgIpc) is 2.69. The molecule has 0 spiro atoms. The number of hydrogen-bond donors (Lipinski definition) is 2. The molecule has 1 heterocycles. The second kappa shape index (κ2) is 14.0. The van der Waals surface area contributed by atoms with Crippen LogP contribution in [0.5, 0.6) is 5.75 Å². The molecule has 0 aliphatic carbocycles. The molecule has 2 N–H and O–H groups in total. The number of ether oxygens (including phenoxy) is 2. The van der Waals surface area contributed by atoms with Gasteiger partial charge in [-0.25, -0.2) is 0 Å². The Morgan fingerprint density at radius 1 is 1.21 bits per heavy atom. The van der Waals surface area contributed by atoms with Crippen molar-refractivity contribution >= 4 is 29.9 Å². The van der Waals surface area contributed by atoms with E-state index >= 15 is 0 Å². The molecule has 1 unspecified atom stereocenters. The minimum Gasteiger partial charge on any atom is -0.497 e. The van der Waals surface area contributed by atoms with E-state index in [9.17, 15) is 0 Å². The maximum atomic E-state index is 5.40. The molecule has 8 heteroatoms. The van der Waals surface area contributed by atoms with Gasteiger partial charge >= 0.3 is 0 Å². The summed E-state index contributed by atoms with van der Waals surface area (Å²) in [4.78, 5) is 9.43. The largest absolute Gasteiger partial charge is 0.497 e. The molecule has 0 aromatic heterocycles. The Morgan fingerprint density at radius 2 is 1.89 bits per heavy atom. The number of nitrogens with zero attached hydrogens (tertiary/aromatic N) is 3. The van der Waals surface area contributed by atoms with Crippen molar-refractivity contribution in [2.45, 2.75) is 13.0 Å². The van der Waals surface area contributed by atoms with E-state index in [1.54, 1.807) is 7.11 Å². The third kappa shape index (κ3) is 8.50. The lowest BCUT2D eigenvalue weighted by molar-refractivity contribution is 0.0389. The lowest BCUT2D eigenvalue weighted by Crippen LogP contribution is -2.44. The van der Waals surface area contributed by atoms with Gasteiger partial charge < -0.3 is 25.0 Å². The van der Waals surface area contributed by atoms with Gasteiger partial charge in [0.1, 0.15) is 5.75 Å². The summed E-state index contributed by atoms with van der Waals surface area (Å²) in [6.07, 6.45) is 0. The van der Waals surface area contributed by atoms with Crippen molar-refractivity contribution in [3.8, 4) is 5.75 Å². The first-order valence-electron chi connectivity index (χ1n) is 9.76. The maximum Gasteiger partial charge on any atom is 0.191 e. The SMILES string of the molecule is CCNC(=NCC(c1ccc(OC)cc1)N(C)C)NCCN1CCOCC1.I. The van der Waals surface area contributed by atoms with E-state index in [4.69, 9.17) is 14.5 Å². The fourth-order valence-electron chi connectivity index (χ4n) is 3.07. The number of hydrogen-bond acceptors (Lipinski definition) is 5. The first-order valence-corrected chi connectivity index (χ1v) is 9.76. The van der Waals surface area contributed by atoms with Crippen LogP contribution in [0.2, 0.25) is 0 Å². The number of guanidine groups is 1. The van der Waals surface area contributed by atoms with E-state index in [0.717, 1.165) is 57.6 Å².